The molecule has 5 heteroatoms. The van der Waals surface area contributed by atoms with Gasteiger partial charge in [0.25, 0.3) is 0 Å². The molecule has 26 heavy (non-hydrogen) atoms. The molecule has 0 saturated heterocycles. The molecular weight excluding hydrogens is 332 g/mol. The van der Waals surface area contributed by atoms with Gasteiger partial charge in [0, 0.05) is 10.8 Å². The molecule has 0 unspecified atom stereocenters. The van der Waals surface area contributed by atoms with Crippen LogP contribution in [0.5, 0.6) is 0 Å². The molecule has 142 valence electrons. The zero-order chi connectivity index (χ0) is 19.1. The standard InChI is InChI=1S/C21H28O5/c1-11(22)21(26)9-6-14-16-13(5-8-20(14,21)3)19(2)7-4-12(23)10-15(19)17(24)18(16)25/h4,7,10,13-14,16-18,24-26H,5-6,8-9H2,1-3H3/t13-,14-,16+,17-,18+,19+,20-,21-/m0/s1. The Balaban J connectivity index is 1.80. The maximum Gasteiger partial charge on any atom is 0.178 e. The van der Waals surface area contributed by atoms with Gasteiger partial charge in [-0.2, -0.15) is 0 Å². The molecule has 4 aliphatic carbocycles. The summed E-state index contributed by atoms with van der Waals surface area (Å²) in [5.41, 5.74) is -1.83. The van der Waals surface area contributed by atoms with Crippen LogP contribution < -0.4 is 0 Å². The summed E-state index contributed by atoms with van der Waals surface area (Å²) in [5, 5.41) is 32.9. The quantitative estimate of drug-likeness (QED) is 0.660. The topological polar surface area (TPSA) is 94.8 Å². The number of rotatable bonds is 1. The van der Waals surface area contributed by atoms with E-state index in [1.807, 2.05) is 19.9 Å². The average molecular weight is 360 g/mol. The van der Waals surface area contributed by atoms with Crippen LogP contribution in [0.3, 0.4) is 0 Å². The zero-order valence-electron chi connectivity index (χ0n) is 15.6. The highest BCUT2D eigenvalue weighted by Crippen LogP contribution is 2.67. The van der Waals surface area contributed by atoms with Crippen molar-refractivity contribution in [2.75, 3.05) is 0 Å². The van der Waals surface area contributed by atoms with Crippen molar-refractivity contribution in [3.05, 3.63) is 23.8 Å². The van der Waals surface area contributed by atoms with E-state index in [0.717, 1.165) is 6.42 Å². The Morgan fingerprint density at radius 1 is 1.15 bits per heavy atom. The minimum atomic E-state index is -1.36. The number of allylic oxidation sites excluding steroid dienone is 3. The van der Waals surface area contributed by atoms with Crippen LogP contribution in [0.1, 0.15) is 46.5 Å². The van der Waals surface area contributed by atoms with Crippen molar-refractivity contribution in [2.24, 2.45) is 28.6 Å². The van der Waals surface area contributed by atoms with Gasteiger partial charge >= 0.3 is 0 Å². The summed E-state index contributed by atoms with van der Waals surface area (Å²) in [5.74, 6) is -0.540. The molecule has 0 amide bonds. The fraction of sp³-hybridized carbons (Fsp3) is 0.714. The van der Waals surface area contributed by atoms with Gasteiger partial charge in [0.2, 0.25) is 0 Å². The first-order valence-corrected chi connectivity index (χ1v) is 9.61. The Hall–Kier alpha value is -1.30. The molecule has 3 fully saturated rings. The van der Waals surface area contributed by atoms with E-state index in [4.69, 9.17) is 0 Å². The van der Waals surface area contributed by atoms with E-state index in [1.54, 1.807) is 6.08 Å². The summed E-state index contributed by atoms with van der Waals surface area (Å²) in [6.07, 6.45) is 5.33. The number of aliphatic hydroxyl groups excluding tert-OH is 2. The van der Waals surface area contributed by atoms with E-state index in [2.05, 4.69) is 0 Å². The van der Waals surface area contributed by atoms with E-state index in [-0.39, 0.29) is 29.3 Å². The number of ketones is 2. The molecule has 0 aromatic rings. The Bertz CT molecular complexity index is 739. The molecule has 5 nitrogen and oxygen atoms in total. The van der Waals surface area contributed by atoms with Crippen LogP contribution in [0, 0.1) is 28.6 Å². The second-order valence-corrected chi connectivity index (χ2v) is 9.26. The lowest BCUT2D eigenvalue weighted by Crippen LogP contribution is -2.62. The molecule has 0 heterocycles. The highest BCUT2D eigenvalue weighted by molar-refractivity contribution is 6.01. The molecule has 0 spiro atoms. The lowest BCUT2D eigenvalue weighted by molar-refractivity contribution is -0.175. The first-order chi connectivity index (χ1) is 12.1. The second-order valence-electron chi connectivity index (χ2n) is 9.26. The fourth-order valence-corrected chi connectivity index (χ4v) is 6.81. The predicted molar refractivity (Wildman–Crippen MR) is 95.0 cm³/mol. The molecule has 3 saturated carbocycles. The number of aliphatic hydroxyl groups is 3. The molecule has 4 aliphatic rings. The van der Waals surface area contributed by atoms with Gasteiger partial charge in [0.1, 0.15) is 11.7 Å². The van der Waals surface area contributed by atoms with Crippen molar-refractivity contribution >= 4 is 11.6 Å². The SMILES string of the molecule is CC(=O)[C@@]1(O)CC[C@H]2[C@@H]3[C@@H](O)[C@@H](O)C4=CC(=O)C=C[C@]4(C)[C@H]3CC[C@@]21C. The van der Waals surface area contributed by atoms with Gasteiger partial charge < -0.3 is 15.3 Å². The Kier molecular flexibility index (Phi) is 3.73. The molecule has 0 aromatic heterocycles. The number of carbonyl (C=O) groups is 2. The normalized spacial score (nSPS) is 52.8. The molecule has 3 N–H and O–H groups in total. The van der Waals surface area contributed by atoms with Crippen LogP contribution in [-0.4, -0.2) is 44.7 Å². The molecule has 0 aromatic carbocycles. The summed E-state index contributed by atoms with van der Waals surface area (Å²) < 4.78 is 0. The minimum absolute atomic E-state index is 0.0378. The van der Waals surface area contributed by atoms with Crippen LogP contribution in [0.4, 0.5) is 0 Å². The molecule has 0 bridgehead atoms. The van der Waals surface area contributed by atoms with Gasteiger partial charge in [-0.05, 0) is 68.1 Å². The zero-order valence-corrected chi connectivity index (χ0v) is 15.6. The van der Waals surface area contributed by atoms with Crippen molar-refractivity contribution in [3.63, 3.8) is 0 Å². The first kappa shape index (κ1) is 18.1. The smallest absolute Gasteiger partial charge is 0.178 e. The molecule has 0 radical (unpaired) electrons. The van der Waals surface area contributed by atoms with Crippen molar-refractivity contribution in [3.8, 4) is 0 Å². The van der Waals surface area contributed by atoms with E-state index in [0.29, 0.717) is 24.8 Å². The third-order valence-electron chi connectivity index (χ3n) is 8.39. The maximum absolute atomic E-state index is 12.2. The molecule has 4 rings (SSSR count). The monoisotopic (exact) mass is 360 g/mol. The van der Waals surface area contributed by atoms with Crippen LogP contribution in [0.2, 0.25) is 0 Å². The molecular formula is C21H28O5. The van der Waals surface area contributed by atoms with Crippen LogP contribution in [0.25, 0.3) is 0 Å². The molecule has 8 atom stereocenters. The summed E-state index contributed by atoms with van der Waals surface area (Å²) in [7, 11) is 0. The number of hydrogen-bond donors (Lipinski definition) is 3. The highest BCUT2D eigenvalue weighted by atomic mass is 16.3. The van der Waals surface area contributed by atoms with Crippen molar-refractivity contribution in [1.29, 1.82) is 0 Å². The second kappa shape index (κ2) is 5.37. The van der Waals surface area contributed by atoms with Crippen LogP contribution >= 0.6 is 0 Å². The lowest BCUT2D eigenvalue weighted by atomic mass is 9.46. The van der Waals surface area contributed by atoms with Crippen molar-refractivity contribution in [1.82, 2.24) is 0 Å². The summed E-state index contributed by atoms with van der Waals surface area (Å²) in [6.45, 7) is 5.45. The maximum atomic E-state index is 12.2. The molecule has 0 aliphatic heterocycles. The minimum Gasteiger partial charge on any atom is -0.390 e. The average Bonchev–Trinajstić information content (AvgIpc) is 2.87. The number of hydrogen-bond acceptors (Lipinski definition) is 5. The van der Waals surface area contributed by atoms with Gasteiger partial charge in [0.15, 0.2) is 11.6 Å². The first-order valence-electron chi connectivity index (χ1n) is 9.61. The Morgan fingerprint density at radius 2 is 1.81 bits per heavy atom. The van der Waals surface area contributed by atoms with Gasteiger partial charge in [0.05, 0.1) is 6.10 Å². The Labute approximate surface area is 153 Å². The number of Topliss-reactive ketones (excluding diaryl/α,β-unsaturated/α-hetero) is 1. The predicted octanol–water partition coefficient (Wildman–Crippen LogP) is 1.56. The van der Waals surface area contributed by atoms with Gasteiger partial charge in [-0.1, -0.05) is 19.9 Å². The lowest BCUT2D eigenvalue weighted by Gasteiger charge is -2.60. The van der Waals surface area contributed by atoms with E-state index >= 15 is 0 Å². The van der Waals surface area contributed by atoms with Crippen molar-refractivity contribution < 1.29 is 24.9 Å². The largest absolute Gasteiger partial charge is 0.390 e. The van der Waals surface area contributed by atoms with E-state index < -0.39 is 28.6 Å². The number of fused-ring (bicyclic) bond motifs is 5. The highest BCUT2D eigenvalue weighted by Gasteiger charge is 2.67. The van der Waals surface area contributed by atoms with Gasteiger partial charge in [-0.3, -0.25) is 9.59 Å². The van der Waals surface area contributed by atoms with Gasteiger partial charge in [-0.25, -0.2) is 0 Å². The Morgan fingerprint density at radius 3 is 2.46 bits per heavy atom. The van der Waals surface area contributed by atoms with E-state index in [9.17, 15) is 24.9 Å². The van der Waals surface area contributed by atoms with Crippen LogP contribution in [0.15, 0.2) is 23.8 Å². The summed E-state index contributed by atoms with van der Waals surface area (Å²) in [6, 6.07) is 0. The van der Waals surface area contributed by atoms with Crippen molar-refractivity contribution in [2.45, 2.75) is 64.3 Å². The summed E-state index contributed by atoms with van der Waals surface area (Å²) >= 11 is 0. The van der Waals surface area contributed by atoms with E-state index in [1.165, 1.54) is 13.0 Å². The third kappa shape index (κ3) is 1.97. The third-order valence-corrected chi connectivity index (χ3v) is 8.39. The fourth-order valence-electron chi connectivity index (χ4n) is 6.81. The van der Waals surface area contributed by atoms with Gasteiger partial charge in [-0.15, -0.1) is 0 Å². The number of carbonyl (C=O) groups excluding carboxylic acids is 2. The summed E-state index contributed by atoms with van der Waals surface area (Å²) in [4.78, 5) is 24.1. The van der Waals surface area contributed by atoms with Crippen LogP contribution in [-0.2, 0) is 9.59 Å².